The highest BCUT2D eigenvalue weighted by atomic mass is 19.2. The summed E-state index contributed by atoms with van der Waals surface area (Å²) in [5, 5.41) is 23.8. The first-order chi connectivity index (χ1) is 38.4. The van der Waals surface area contributed by atoms with Crippen LogP contribution in [0.5, 0.6) is 0 Å². The standard InChI is InChI=1S/C24H2BF15O2.2C19H15/c26-10-6(11(27)17(33)22(38)16(10)32)3-1-2-4(25(41)42)7(9-14(30)20(36)24(40)21(37)15(9)31)5(3)8-12(28)18(34)23(39)19(35)13(8)29;2*1-4-10-16(11-5-1)19(17-12-6-2-7-13-17)18-14-8-3-9-15-18/h1-2H;2*1-15H/q-2;2*+1. The zero-order chi connectivity index (χ0) is 57.5. The fourth-order valence-corrected chi connectivity index (χ4v) is 8.67. The van der Waals surface area contributed by atoms with E-state index in [0.717, 1.165) is 0 Å². The van der Waals surface area contributed by atoms with E-state index in [2.05, 4.69) is 182 Å². The Morgan fingerprint density at radius 2 is 0.412 bits per heavy atom. The molecule has 0 unspecified atom stereocenters. The van der Waals surface area contributed by atoms with Crippen LogP contribution in [0.3, 0.4) is 0 Å². The molecule has 0 heterocycles. The van der Waals surface area contributed by atoms with Crippen LogP contribution in [0.2, 0.25) is 0 Å². The van der Waals surface area contributed by atoms with Crippen LogP contribution >= 0.6 is 0 Å². The molecule has 0 aromatic heterocycles. The lowest BCUT2D eigenvalue weighted by molar-refractivity contribution is -0.341. The van der Waals surface area contributed by atoms with Gasteiger partial charge in [-0.2, -0.15) is 0 Å². The van der Waals surface area contributed by atoms with Crippen LogP contribution in [0.15, 0.2) is 194 Å². The Balaban J connectivity index is 0.000000181. The largest absolute Gasteiger partial charge is 0.889 e. The van der Waals surface area contributed by atoms with Crippen LogP contribution in [-0.4, -0.2) is 7.12 Å². The summed E-state index contributed by atoms with van der Waals surface area (Å²) in [4.78, 5) is 0. The summed E-state index contributed by atoms with van der Waals surface area (Å²) in [6.07, 6.45) is 0. The molecule has 0 radical (unpaired) electrons. The predicted molar refractivity (Wildman–Crippen MR) is 267 cm³/mol. The first-order valence-corrected chi connectivity index (χ1v) is 23.5. The second kappa shape index (κ2) is 24.7. The van der Waals surface area contributed by atoms with Crippen molar-refractivity contribution >= 4 is 12.6 Å². The average molecular weight is 1100 g/mol. The van der Waals surface area contributed by atoms with E-state index in [1.165, 1.54) is 45.2 Å². The third kappa shape index (κ3) is 11.3. The van der Waals surface area contributed by atoms with E-state index in [1.807, 2.05) is 0 Å². The molecule has 0 aliphatic carbocycles. The number of benzene rings is 10. The number of hydrogen-bond acceptors (Lipinski definition) is 2. The minimum atomic E-state index is -3.68. The Bertz CT molecular complexity index is 3410. The summed E-state index contributed by atoms with van der Waals surface area (Å²) in [6, 6.07) is 63.2. The van der Waals surface area contributed by atoms with Gasteiger partial charge in [-0.15, -0.1) is 5.46 Å². The Hall–Kier alpha value is -9.13. The molecule has 80 heavy (non-hydrogen) atoms. The third-order valence-corrected chi connectivity index (χ3v) is 12.3. The molecule has 0 amide bonds. The van der Waals surface area contributed by atoms with E-state index in [0.29, 0.717) is 0 Å². The second-order valence-corrected chi connectivity index (χ2v) is 17.1. The van der Waals surface area contributed by atoms with Gasteiger partial charge in [0, 0.05) is 5.56 Å². The summed E-state index contributed by atoms with van der Waals surface area (Å²) < 4.78 is 215. The minimum absolute atomic E-state index is 0.0268. The van der Waals surface area contributed by atoms with Gasteiger partial charge in [0.15, 0.2) is 69.8 Å². The first kappa shape index (κ1) is 57.1. The quantitative estimate of drug-likeness (QED) is 0.0342. The Labute approximate surface area is 447 Å². The Morgan fingerprint density at radius 3 is 0.637 bits per heavy atom. The van der Waals surface area contributed by atoms with Gasteiger partial charge in [-0.05, 0) is 157 Å². The number of halogens is 15. The van der Waals surface area contributed by atoms with Gasteiger partial charge >= 0.3 is 0 Å². The van der Waals surface area contributed by atoms with Crippen LogP contribution in [0, 0.1) is 99.1 Å². The molecule has 2 nitrogen and oxygen atoms in total. The van der Waals surface area contributed by atoms with Crippen molar-refractivity contribution in [1.29, 1.82) is 0 Å². The molecular formula is C62H32BF15O2. The van der Waals surface area contributed by atoms with Gasteiger partial charge in [-0.3, -0.25) is 0 Å². The number of hydrogen-bond donors (Lipinski definition) is 0. The maximum absolute atomic E-state index is 15.0. The van der Waals surface area contributed by atoms with E-state index in [-0.39, 0.29) is 12.1 Å². The summed E-state index contributed by atoms with van der Waals surface area (Å²) >= 11 is 0. The van der Waals surface area contributed by atoms with E-state index < -0.39 is 133 Å². The molecule has 18 heteroatoms. The zero-order valence-electron chi connectivity index (χ0n) is 40.5. The monoisotopic (exact) mass is 1100 g/mol. The first-order valence-electron chi connectivity index (χ1n) is 23.5. The molecular weight excluding hydrogens is 1070 g/mol. The molecule has 0 fully saturated rings. The zero-order valence-corrected chi connectivity index (χ0v) is 40.5. The molecule has 0 N–H and O–H groups in total. The van der Waals surface area contributed by atoms with Crippen LogP contribution in [-0.2, 0) is 0 Å². The lowest BCUT2D eigenvalue weighted by Crippen LogP contribution is -2.56. The molecule has 10 aromatic rings. The lowest BCUT2D eigenvalue weighted by Gasteiger charge is -2.32. The van der Waals surface area contributed by atoms with Crippen LogP contribution < -0.4 is 15.5 Å². The highest BCUT2D eigenvalue weighted by molar-refractivity contribution is 6.58. The van der Waals surface area contributed by atoms with Crippen LogP contribution in [0.1, 0.15) is 33.4 Å². The fourth-order valence-electron chi connectivity index (χ4n) is 8.67. The Kier molecular flexibility index (Phi) is 17.6. The van der Waals surface area contributed by atoms with Crippen molar-refractivity contribution in [3.63, 3.8) is 0 Å². The van der Waals surface area contributed by atoms with Crippen molar-refractivity contribution in [1.82, 2.24) is 0 Å². The smallest absolute Gasteiger partial charge is 0.200 e. The average Bonchev–Trinajstić information content (AvgIpc) is 3.66. The van der Waals surface area contributed by atoms with Gasteiger partial charge in [0.1, 0.15) is 0 Å². The van der Waals surface area contributed by atoms with Crippen molar-refractivity contribution in [2.24, 2.45) is 0 Å². The minimum Gasteiger partial charge on any atom is -0.889 e. The molecule has 0 saturated heterocycles. The van der Waals surface area contributed by atoms with Crippen molar-refractivity contribution in [3.05, 3.63) is 327 Å². The predicted octanol–water partition coefficient (Wildman–Crippen LogP) is 14.6. The van der Waals surface area contributed by atoms with Gasteiger partial charge in [0.2, 0.25) is 17.5 Å². The molecule has 0 spiro atoms. The van der Waals surface area contributed by atoms with Crippen molar-refractivity contribution in [2.75, 3.05) is 0 Å². The molecule has 10 aromatic carbocycles. The van der Waals surface area contributed by atoms with E-state index >= 15 is 0 Å². The molecule has 0 atom stereocenters. The summed E-state index contributed by atoms with van der Waals surface area (Å²) in [6.45, 7) is 0. The molecule has 400 valence electrons. The van der Waals surface area contributed by atoms with E-state index in [4.69, 9.17) is 0 Å². The Morgan fingerprint density at radius 1 is 0.212 bits per heavy atom. The molecule has 0 aliphatic heterocycles. The SMILES string of the molecule is [O-]B([O-])c1ccc(-c2c(F)c(F)c(F)c(F)c2F)c(-c2c(F)c(F)c(F)c(F)c2F)c1-c1c(F)c(F)c(F)c(F)c1F.c1ccc([C+](c2ccccc2)c2ccccc2)cc1.c1ccc([C+](c2ccccc2)c2ccccc2)cc1. The summed E-state index contributed by atoms with van der Waals surface area (Å²) in [7, 11) is -3.68. The topological polar surface area (TPSA) is 46.1 Å². The van der Waals surface area contributed by atoms with E-state index in [1.54, 1.807) is 0 Å². The normalized spacial score (nSPS) is 10.8. The second-order valence-electron chi connectivity index (χ2n) is 17.1. The number of rotatable bonds is 10. The van der Waals surface area contributed by atoms with Crippen molar-refractivity contribution < 1.29 is 75.9 Å². The highest BCUT2D eigenvalue weighted by Crippen LogP contribution is 2.47. The van der Waals surface area contributed by atoms with E-state index in [9.17, 15) is 75.9 Å². The fraction of sp³-hybridized carbons (Fsp3) is 0. The molecule has 10 rings (SSSR count). The van der Waals surface area contributed by atoms with Gasteiger partial charge in [0.05, 0.1) is 61.9 Å². The molecule has 0 saturated carbocycles. The van der Waals surface area contributed by atoms with Gasteiger partial charge in [0.25, 0.3) is 0 Å². The molecule has 0 aliphatic rings. The van der Waals surface area contributed by atoms with Gasteiger partial charge < -0.3 is 10.0 Å². The lowest BCUT2D eigenvalue weighted by atomic mass is 9.71. The van der Waals surface area contributed by atoms with Gasteiger partial charge in [-0.1, -0.05) is 55.6 Å². The van der Waals surface area contributed by atoms with Crippen LogP contribution in [0.4, 0.5) is 65.9 Å². The maximum atomic E-state index is 15.0. The third-order valence-electron chi connectivity index (χ3n) is 12.3. The van der Waals surface area contributed by atoms with Crippen LogP contribution in [0.25, 0.3) is 33.4 Å². The highest BCUT2D eigenvalue weighted by Gasteiger charge is 2.37. The summed E-state index contributed by atoms with van der Waals surface area (Å²) in [5.74, 6) is -41.1. The maximum Gasteiger partial charge on any atom is 0.200 e. The van der Waals surface area contributed by atoms with Crippen molar-refractivity contribution in [2.45, 2.75) is 0 Å². The molecule has 0 bridgehead atoms. The van der Waals surface area contributed by atoms with Gasteiger partial charge in [-0.25, -0.2) is 65.9 Å². The van der Waals surface area contributed by atoms with Crippen molar-refractivity contribution in [3.8, 4) is 33.4 Å². The summed E-state index contributed by atoms with van der Waals surface area (Å²) in [5.41, 5.74) is -7.92.